The van der Waals surface area contributed by atoms with Gasteiger partial charge in [0.05, 0.1) is 0 Å². The summed E-state index contributed by atoms with van der Waals surface area (Å²) in [6, 6.07) is 0. The Morgan fingerprint density at radius 2 is 2.40 bits per heavy atom. The molecule has 30 valence electrons. The van der Waals surface area contributed by atoms with E-state index in [0.717, 1.165) is 0 Å². The van der Waals surface area contributed by atoms with Crippen LogP contribution in [0, 0.1) is 0 Å². The summed E-state index contributed by atoms with van der Waals surface area (Å²) < 4.78 is 6.29. The molecule has 1 fully saturated rings. The summed E-state index contributed by atoms with van der Waals surface area (Å²) >= 11 is 3.34. The molecule has 0 radical (unpaired) electrons. The summed E-state index contributed by atoms with van der Waals surface area (Å²) in [5, 5.41) is 0.435. The molecule has 3 heteroatoms. The van der Waals surface area contributed by atoms with Crippen molar-refractivity contribution in [2.24, 2.45) is 0 Å². The van der Waals surface area contributed by atoms with Gasteiger partial charge in [-0.25, -0.2) is 0 Å². The minimum absolute atomic E-state index is 0.0701. The van der Waals surface area contributed by atoms with Crippen molar-refractivity contribution < 1.29 is 3.10 Å². The Kier molecular flexibility index (Phi) is 1.57. The van der Waals surface area contributed by atoms with Gasteiger partial charge in [0.25, 0.3) is 0 Å². The van der Waals surface area contributed by atoms with Crippen molar-refractivity contribution in [3.8, 4) is 0 Å². The molecular formula is C2H3BrOTe. The standard InChI is InChI=1S/C2H3BrOTe/c3-2-1-5-4-2/h2H,1H2. The number of halogens is 1. The molecule has 1 heterocycles. The van der Waals surface area contributed by atoms with Crippen LogP contribution < -0.4 is 0 Å². The molecule has 1 atom stereocenters. The fraction of sp³-hybridized carbons (Fsp3) is 1.00. The summed E-state index contributed by atoms with van der Waals surface area (Å²) in [6.07, 6.45) is 0. The van der Waals surface area contributed by atoms with E-state index in [-0.39, 0.29) is 21.3 Å². The van der Waals surface area contributed by atoms with Crippen molar-refractivity contribution in [3.05, 3.63) is 0 Å². The molecular weight excluding hydrogens is 248 g/mol. The maximum atomic E-state index is 4.98. The van der Waals surface area contributed by atoms with Crippen molar-refractivity contribution in [1.29, 1.82) is 0 Å². The summed E-state index contributed by atoms with van der Waals surface area (Å²) in [5.41, 5.74) is 0. The minimum atomic E-state index is 0.0701. The van der Waals surface area contributed by atoms with Crippen LogP contribution in [0.5, 0.6) is 0 Å². The third kappa shape index (κ3) is 1.04. The fourth-order valence-electron chi connectivity index (χ4n) is 0.119. The van der Waals surface area contributed by atoms with Gasteiger partial charge in [-0.3, -0.25) is 0 Å². The van der Waals surface area contributed by atoms with Crippen molar-refractivity contribution in [2.45, 2.75) is 9.48 Å². The van der Waals surface area contributed by atoms with E-state index in [2.05, 4.69) is 15.9 Å². The Bertz CT molecular complexity index is 36.6. The van der Waals surface area contributed by atoms with E-state index in [0.29, 0.717) is 5.01 Å². The average Bonchev–Trinajstić information content (AvgIpc) is 1.30. The maximum absolute atomic E-state index is 4.98. The zero-order valence-corrected chi connectivity index (χ0v) is 6.40. The van der Waals surface area contributed by atoms with Crippen LogP contribution in [0.15, 0.2) is 0 Å². The fourth-order valence-corrected chi connectivity index (χ4v) is 2.25. The Morgan fingerprint density at radius 3 is 2.40 bits per heavy atom. The molecule has 1 saturated heterocycles. The van der Waals surface area contributed by atoms with Crippen LogP contribution in [-0.4, -0.2) is 26.3 Å². The van der Waals surface area contributed by atoms with Crippen LogP contribution in [0.2, 0.25) is 4.47 Å². The molecule has 0 N–H and O–H groups in total. The summed E-state index contributed by atoms with van der Waals surface area (Å²) in [5.74, 6) is 0. The van der Waals surface area contributed by atoms with E-state index in [4.69, 9.17) is 3.10 Å². The molecule has 0 bridgehead atoms. The van der Waals surface area contributed by atoms with Gasteiger partial charge in [0, 0.05) is 0 Å². The first kappa shape index (κ1) is 4.39. The Morgan fingerprint density at radius 1 is 2.00 bits per heavy atom. The zero-order chi connectivity index (χ0) is 3.70. The third-order valence-corrected chi connectivity index (χ3v) is 5.29. The van der Waals surface area contributed by atoms with Gasteiger partial charge < -0.3 is 0 Å². The first-order valence-corrected chi connectivity index (χ1v) is 4.83. The second-order valence-corrected chi connectivity index (χ2v) is 3.99. The van der Waals surface area contributed by atoms with Crippen LogP contribution >= 0.6 is 15.9 Å². The molecule has 1 rings (SSSR count). The second kappa shape index (κ2) is 1.79. The van der Waals surface area contributed by atoms with Crippen LogP contribution in [-0.2, 0) is 3.10 Å². The van der Waals surface area contributed by atoms with Crippen LogP contribution in [0.3, 0.4) is 0 Å². The predicted molar refractivity (Wildman–Crippen MR) is 24.4 cm³/mol. The van der Waals surface area contributed by atoms with Gasteiger partial charge in [-0.1, -0.05) is 0 Å². The summed E-state index contributed by atoms with van der Waals surface area (Å²) in [6.45, 7) is 0. The molecule has 1 aliphatic rings. The molecule has 0 aliphatic carbocycles. The zero-order valence-electron chi connectivity index (χ0n) is 2.48. The number of hydrogen-bond acceptors (Lipinski definition) is 1. The topological polar surface area (TPSA) is 9.23 Å². The Balaban J connectivity index is 2.08. The molecule has 0 aromatic carbocycles. The van der Waals surface area contributed by atoms with Crippen LogP contribution in [0.1, 0.15) is 0 Å². The van der Waals surface area contributed by atoms with Crippen molar-refractivity contribution in [2.75, 3.05) is 0 Å². The average molecular weight is 251 g/mol. The van der Waals surface area contributed by atoms with Gasteiger partial charge in [0.15, 0.2) is 0 Å². The van der Waals surface area contributed by atoms with Gasteiger partial charge in [0.1, 0.15) is 0 Å². The summed E-state index contributed by atoms with van der Waals surface area (Å²) in [4.78, 5) is 0. The van der Waals surface area contributed by atoms with Crippen molar-refractivity contribution in [3.63, 3.8) is 0 Å². The van der Waals surface area contributed by atoms with Gasteiger partial charge in [0.2, 0.25) is 0 Å². The monoisotopic (exact) mass is 252 g/mol. The number of alkyl halides is 1. The van der Waals surface area contributed by atoms with Gasteiger partial charge in [-0.2, -0.15) is 0 Å². The molecule has 1 unspecified atom stereocenters. The van der Waals surface area contributed by atoms with Gasteiger partial charge >= 0.3 is 49.8 Å². The quantitative estimate of drug-likeness (QED) is 0.456. The van der Waals surface area contributed by atoms with Gasteiger partial charge in [-0.15, -0.1) is 0 Å². The predicted octanol–water partition coefficient (Wildman–Crippen LogP) is 0.775. The Labute approximate surface area is 49.8 Å². The van der Waals surface area contributed by atoms with E-state index in [1.807, 2.05) is 0 Å². The first-order valence-electron chi connectivity index (χ1n) is 1.32. The molecule has 0 saturated carbocycles. The van der Waals surface area contributed by atoms with Gasteiger partial charge in [-0.05, 0) is 0 Å². The van der Waals surface area contributed by atoms with Crippen molar-refractivity contribution in [1.82, 2.24) is 0 Å². The van der Waals surface area contributed by atoms with Crippen molar-refractivity contribution >= 4 is 37.3 Å². The molecule has 1 nitrogen and oxygen atoms in total. The summed E-state index contributed by atoms with van der Waals surface area (Å²) in [7, 11) is 0. The molecule has 1 aliphatic heterocycles. The SMILES string of the molecule is BrC1C[Te]O1. The van der Waals surface area contributed by atoms with E-state index in [9.17, 15) is 0 Å². The first-order chi connectivity index (χ1) is 2.39. The van der Waals surface area contributed by atoms with E-state index < -0.39 is 0 Å². The molecule has 0 aromatic heterocycles. The van der Waals surface area contributed by atoms with E-state index >= 15 is 0 Å². The third-order valence-electron chi connectivity index (χ3n) is 0.372. The van der Waals surface area contributed by atoms with E-state index in [1.54, 1.807) is 0 Å². The van der Waals surface area contributed by atoms with Crippen LogP contribution in [0.4, 0.5) is 0 Å². The molecule has 0 aromatic rings. The normalized spacial score (nSPS) is 36.6. The molecule has 0 amide bonds. The Hall–Kier alpha value is 1.23. The molecule has 0 spiro atoms. The van der Waals surface area contributed by atoms with E-state index in [1.165, 1.54) is 4.47 Å². The number of rotatable bonds is 0. The second-order valence-electron chi connectivity index (χ2n) is 0.791. The number of hydrogen-bond donors (Lipinski definition) is 0. The van der Waals surface area contributed by atoms with Crippen LogP contribution in [0.25, 0.3) is 0 Å². The molecule has 5 heavy (non-hydrogen) atoms.